The summed E-state index contributed by atoms with van der Waals surface area (Å²) < 4.78 is 8.87. The van der Waals surface area contributed by atoms with Gasteiger partial charge in [0.25, 0.3) is 0 Å². The highest BCUT2D eigenvalue weighted by molar-refractivity contribution is 7.26. The van der Waals surface area contributed by atoms with Gasteiger partial charge in [-0.2, -0.15) is 0 Å². The molecule has 0 spiro atoms. The molecule has 0 aliphatic carbocycles. The van der Waals surface area contributed by atoms with Gasteiger partial charge in [-0.1, -0.05) is 115 Å². The molecule has 4 nitrogen and oxygen atoms in total. The third-order valence-electron chi connectivity index (χ3n) is 9.90. The first-order valence-corrected chi connectivity index (χ1v) is 17.5. The van der Waals surface area contributed by atoms with E-state index in [0.29, 0.717) is 17.5 Å². The van der Waals surface area contributed by atoms with Gasteiger partial charge in [-0.15, -0.1) is 11.3 Å². The molecule has 0 atom stereocenters. The van der Waals surface area contributed by atoms with Crippen LogP contribution in [0.5, 0.6) is 0 Å². The molecule has 0 aliphatic heterocycles. The van der Waals surface area contributed by atoms with Crippen LogP contribution in [0, 0.1) is 0 Å². The molecule has 11 aromatic rings. The van der Waals surface area contributed by atoms with Gasteiger partial charge in [-0.25, -0.2) is 15.0 Å². The third-order valence-corrected chi connectivity index (χ3v) is 11.0. The lowest BCUT2D eigenvalue weighted by molar-refractivity contribution is 0.669. The van der Waals surface area contributed by atoms with Crippen molar-refractivity contribution in [1.82, 2.24) is 15.0 Å². The molecule has 0 fully saturated rings. The van der Waals surface area contributed by atoms with E-state index < -0.39 is 0 Å². The fraction of sp³-hybridized carbons (Fsp3) is 0. The van der Waals surface area contributed by atoms with Crippen molar-refractivity contribution >= 4 is 85.8 Å². The highest BCUT2D eigenvalue weighted by Crippen LogP contribution is 2.42. The molecular weight excluding hydrogens is 631 g/mol. The number of para-hydroxylation sites is 1. The number of rotatable bonds is 3. The van der Waals surface area contributed by atoms with E-state index in [4.69, 9.17) is 19.4 Å². The summed E-state index contributed by atoms with van der Waals surface area (Å²) in [7, 11) is 0. The highest BCUT2D eigenvalue weighted by Gasteiger charge is 2.16. The molecule has 3 aromatic heterocycles. The van der Waals surface area contributed by atoms with Gasteiger partial charge in [0.05, 0.1) is 0 Å². The molecule has 0 amide bonds. The second kappa shape index (κ2) is 10.5. The minimum absolute atomic E-state index is 0.604. The number of aromatic nitrogens is 3. The van der Waals surface area contributed by atoms with E-state index in [0.717, 1.165) is 44.0 Å². The Morgan fingerprint density at radius 1 is 0.360 bits per heavy atom. The molecule has 0 radical (unpaired) electrons. The maximum absolute atomic E-state index is 6.23. The van der Waals surface area contributed by atoms with E-state index in [-0.39, 0.29) is 0 Å². The van der Waals surface area contributed by atoms with Crippen molar-refractivity contribution in [3.05, 3.63) is 152 Å². The zero-order chi connectivity index (χ0) is 32.8. The Morgan fingerprint density at radius 2 is 0.960 bits per heavy atom. The molecule has 0 saturated heterocycles. The van der Waals surface area contributed by atoms with Crippen molar-refractivity contribution in [2.24, 2.45) is 0 Å². The lowest BCUT2D eigenvalue weighted by Crippen LogP contribution is -2.00. The smallest absolute Gasteiger partial charge is 0.164 e. The number of hydrogen-bond donors (Lipinski definition) is 0. The molecule has 0 aliphatic rings. The van der Waals surface area contributed by atoms with Crippen LogP contribution in [0.2, 0.25) is 0 Å². The van der Waals surface area contributed by atoms with Gasteiger partial charge in [-0.3, -0.25) is 0 Å². The normalized spacial score (nSPS) is 12.0. The van der Waals surface area contributed by atoms with Crippen LogP contribution < -0.4 is 0 Å². The van der Waals surface area contributed by atoms with Gasteiger partial charge in [0.2, 0.25) is 0 Å². The van der Waals surface area contributed by atoms with E-state index in [1.807, 2.05) is 65.9 Å². The summed E-state index contributed by atoms with van der Waals surface area (Å²) in [5.74, 6) is 1.87. The summed E-state index contributed by atoms with van der Waals surface area (Å²) >= 11 is 1.86. The fourth-order valence-electron chi connectivity index (χ4n) is 7.55. The van der Waals surface area contributed by atoms with Gasteiger partial charge in [0, 0.05) is 47.6 Å². The molecule has 0 bridgehead atoms. The number of hydrogen-bond acceptors (Lipinski definition) is 5. The zero-order valence-electron chi connectivity index (χ0n) is 26.6. The summed E-state index contributed by atoms with van der Waals surface area (Å²) in [5, 5.41) is 12.2. The van der Waals surface area contributed by atoms with E-state index in [9.17, 15) is 0 Å². The predicted octanol–water partition coefficient (Wildman–Crippen LogP) is 12.6. The number of thiophene rings is 1. The van der Waals surface area contributed by atoms with E-state index in [2.05, 4.69) is 97.1 Å². The van der Waals surface area contributed by atoms with Crippen LogP contribution in [0.4, 0.5) is 0 Å². The zero-order valence-corrected chi connectivity index (χ0v) is 27.4. The molecular formula is C45H25N3OS. The monoisotopic (exact) mass is 655 g/mol. The van der Waals surface area contributed by atoms with Crippen LogP contribution in [0.25, 0.3) is 109 Å². The predicted molar refractivity (Wildman–Crippen MR) is 209 cm³/mol. The van der Waals surface area contributed by atoms with Gasteiger partial charge < -0.3 is 4.42 Å². The fourth-order valence-corrected chi connectivity index (χ4v) is 8.67. The van der Waals surface area contributed by atoms with E-state index in [1.54, 1.807) is 0 Å². The number of furan rings is 1. The molecule has 11 rings (SSSR count). The summed E-state index contributed by atoms with van der Waals surface area (Å²) in [4.78, 5) is 15.1. The quantitative estimate of drug-likeness (QED) is 0.178. The Morgan fingerprint density at radius 3 is 1.82 bits per heavy atom. The van der Waals surface area contributed by atoms with Gasteiger partial charge in [-0.05, 0) is 68.7 Å². The highest BCUT2D eigenvalue weighted by atomic mass is 32.1. The molecule has 232 valence electrons. The summed E-state index contributed by atoms with van der Waals surface area (Å²) in [6.07, 6.45) is 0. The van der Waals surface area contributed by atoms with Gasteiger partial charge >= 0.3 is 0 Å². The maximum Gasteiger partial charge on any atom is 0.164 e. The standard InChI is InChI=1S/C45H25N3OS/c1-2-8-27(9-3-1)43-46-44(48-45(47-43)30-18-20-33-32-10-4-6-12-37(32)49-38(33)25-30)29-17-19-31-28(24-29)15-14-26-16-21-35-34(41(26)31)22-23-40-42(35)36-11-5-7-13-39(36)50-40/h1-25H. The van der Waals surface area contributed by atoms with Gasteiger partial charge in [0.15, 0.2) is 17.5 Å². The molecule has 0 saturated carbocycles. The molecule has 5 heteroatoms. The van der Waals surface area contributed by atoms with Crippen LogP contribution in [0.1, 0.15) is 0 Å². The first-order chi connectivity index (χ1) is 24.7. The van der Waals surface area contributed by atoms with Crippen LogP contribution in [-0.2, 0) is 0 Å². The summed E-state index contributed by atoms with van der Waals surface area (Å²) in [6, 6.07) is 53.3. The topological polar surface area (TPSA) is 51.8 Å². The Bertz CT molecular complexity index is 3160. The minimum Gasteiger partial charge on any atom is -0.456 e. The van der Waals surface area contributed by atoms with E-state index >= 15 is 0 Å². The first kappa shape index (κ1) is 27.5. The Balaban J connectivity index is 1.11. The number of fused-ring (bicyclic) bond motifs is 12. The minimum atomic E-state index is 0.604. The second-order valence-corrected chi connectivity index (χ2v) is 13.9. The number of benzene rings is 8. The van der Waals surface area contributed by atoms with Crippen molar-refractivity contribution in [2.45, 2.75) is 0 Å². The second-order valence-electron chi connectivity index (χ2n) is 12.8. The van der Waals surface area contributed by atoms with Crippen molar-refractivity contribution < 1.29 is 4.42 Å². The Kier molecular flexibility index (Phi) is 5.80. The largest absolute Gasteiger partial charge is 0.456 e. The van der Waals surface area contributed by atoms with Crippen molar-refractivity contribution in [3.63, 3.8) is 0 Å². The van der Waals surface area contributed by atoms with Crippen molar-refractivity contribution in [1.29, 1.82) is 0 Å². The number of nitrogens with zero attached hydrogens (tertiary/aromatic N) is 3. The molecule has 0 unspecified atom stereocenters. The average Bonchev–Trinajstić information content (AvgIpc) is 3.76. The summed E-state index contributed by atoms with van der Waals surface area (Å²) in [5.41, 5.74) is 4.43. The molecule has 3 heterocycles. The van der Waals surface area contributed by atoms with E-state index in [1.165, 1.54) is 47.1 Å². The summed E-state index contributed by atoms with van der Waals surface area (Å²) in [6.45, 7) is 0. The van der Waals surface area contributed by atoms with Crippen molar-refractivity contribution in [3.8, 4) is 34.2 Å². The SMILES string of the molecule is c1ccc(-c2nc(-c3ccc4c(ccc5ccc6c(ccc7sc8ccccc8c76)c54)c3)nc(-c3ccc4c(c3)oc3ccccc34)n2)cc1. The lowest BCUT2D eigenvalue weighted by Gasteiger charge is -2.12. The molecule has 50 heavy (non-hydrogen) atoms. The average molecular weight is 656 g/mol. The third kappa shape index (κ3) is 4.14. The van der Waals surface area contributed by atoms with Crippen LogP contribution in [0.3, 0.4) is 0 Å². The Labute approximate surface area is 289 Å². The maximum atomic E-state index is 6.23. The lowest BCUT2D eigenvalue weighted by atomic mass is 9.93. The van der Waals surface area contributed by atoms with Crippen LogP contribution in [-0.4, -0.2) is 15.0 Å². The van der Waals surface area contributed by atoms with Gasteiger partial charge in [0.1, 0.15) is 11.2 Å². The molecule has 0 N–H and O–H groups in total. The molecule has 8 aromatic carbocycles. The van der Waals surface area contributed by atoms with Crippen LogP contribution >= 0.6 is 11.3 Å². The van der Waals surface area contributed by atoms with Crippen LogP contribution in [0.15, 0.2) is 156 Å². The first-order valence-electron chi connectivity index (χ1n) is 16.7. The Hall–Kier alpha value is -6.43. The van der Waals surface area contributed by atoms with Crippen molar-refractivity contribution in [2.75, 3.05) is 0 Å².